The molecule has 0 saturated carbocycles. The predicted molar refractivity (Wildman–Crippen MR) is 10.5 cm³/mol. The van der Waals surface area contributed by atoms with Crippen LogP contribution in [0.25, 0.3) is 0 Å². The molecule has 0 unspecified atom stereocenters. The van der Waals surface area contributed by atoms with Gasteiger partial charge in [0.2, 0.25) is 0 Å². The molecule has 0 saturated heterocycles. The molecule has 0 aliphatic carbocycles. The quantitative estimate of drug-likeness (QED) is 0.209. The van der Waals surface area contributed by atoms with Gasteiger partial charge in [-0.15, -0.1) is 0 Å². The van der Waals surface area contributed by atoms with Crippen LogP contribution in [0.5, 0.6) is 0 Å². The first-order chi connectivity index (χ1) is 2.00. The maximum absolute atomic E-state index is 8.52. The van der Waals surface area contributed by atoms with Crippen molar-refractivity contribution in [3.05, 3.63) is 0 Å². The molecule has 1 radical (unpaired) electrons. The fourth-order valence-corrected chi connectivity index (χ4v) is 0. The molecule has 0 spiro atoms. The van der Waals surface area contributed by atoms with E-state index >= 15 is 0 Å². The molecule has 4 nitrogen and oxygen atoms in total. The summed E-state index contributed by atoms with van der Waals surface area (Å²) in [6.45, 7) is 0. The normalized spacial score (nSPS) is 8.29. The molecular formula is CrNaO4S+2. The Morgan fingerprint density at radius 3 is 1.14 bits per heavy atom. The molecule has 0 aromatic heterocycles. The maximum atomic E-state index is 8.52. The third kappa shape index (κ3) is 110. The fourth-order valence-electron chi connectivity index (χ4n) is 0. The van der Waals surface area contributed by atoms with E-state index in [0.29, 0.717) is 0 Å². The van der Waals surface area contributed by atoms with E-state index in [1.807, 2.05) is 0 Å². The van der Waals surface area contributed by atoms with Crippen molar-refractivity contribution in [1.29, 1.82) is 0 Å². The van der Waals surface area contributed by atoms with Crippen molar-refractivity contribution < 1.29 is 64.4 Å². The van der Waals surface area contributed by atoms with Crippen LogP contribution in [0.15, 0.2) is 0 Å². The molecular weight excluding hydrogens is 171 g/mol. The van der Waals surface area contributed by atoms with Gasteiger partial charge in [-0.25, -0.2) is 0 Å². The molecule has 0 aliphatic rings. The zero-order valence-electron chi connectivity index (χ0n) is 3.45. The Morgan fingerprint density at radius 2 is 1.14 bits per heavy atom. The largest absolute Gasteiger partial charge is 3.00 e. The summed E-state index contributed by atoms with van der Waals surface area (Å²) in [5.41, 5.74) is 0. The van der Waals surface area contributed by atoms with Gasteiger partial charge in [-0.2, -0.15) is 0 Å². The van der Waals surface area contributed by atoms with Gasteiger partial charge < -0.3 is 9.11 Å². The van der Waals surface area contributed by atoms with Crippen molar-refractivity contribution in [2.75, 3.05) is 0 Å². The second kappa shape index (κ2) is 5.54. The Hall–Kier alpha value is 1.40. The van der Waals surface area contributed by atoms with Crippen LogP contribution in [0.3, 0.4) is 0 Å². The van der Waals surface area contributed by atoms with E-state index in [-0.39, 0.29) is 46.9 Å². The van der Waals surface area contributed by atoms with Crippen LogP contribution >= 0.6 is 0 Å². The second-order valence-corrected chi connectivity index (χ2v) is 1.22. The van der Waals surface area contributed by atoms with Crippen molar-refractivity contribution in [1.82, 2.24) is 0 Å². The van der Waals surface area contributed by atoms with E-state index in [1.165, 1.54) is 0 Å². The van der Waals surface area contributed by atoms with Gasteiger partial charge in [0, 0.05) is 10.4 Å². The molecule has 7 heavy (non-hydrogen) atoms. The van der Waals surface area contributed by atoms with Gasteiger partial charge in [-0.3, -0.25) is 8.42 Å². The van der Waals surface area contributed by atoms with E-state index in [2.05, 4.69) is 0 Å². The molecule has 0 aromatic rings. The first-order valence-corrected chi connectivity index (χ1v) is 2.00. The topological polar surface area (TPSA) is 80.3 Å². The minimum atomic E-state index is -5.17. The standard InChI is InChI=1S/Cr.Na.H2O4S/c;;1-5(2,3)4/h;;(H2,1,2,3,4)/q+3;+1;/p-2. The third-order valence-corrected chi connectivity index (χ3v) is 0. The maximum Gasteiger partial charge on any atom is 3.00 e. The summed E-state index contributed by atoms with van der Waals surface area (Å²) in [6.07, 6.45) is 0. The van der Waals surface area contributed by atoms with Crippen LogP contribution in [0.4, 0.5) is 0 Å². The van der Waals surface area contributed by atoms with E-state index in [4.69, 9.17) is 17.5 Å². The van der Waals surface area contributed by atoms with Gasteiger partial charge in [0.25, 0.3) is 0 Å². The van der Waals surface area contributed by atoms with Crippen LogP contribution in [-0.4, -0.2) is 17.5 Å². The zero-order chi connectivity index (χ0) is 4.50. The smallest absolute Gasteiger partial charge is 0.759 e. The molecule has 35 valence electrons. The molecule has 0 bridgehead atoms. The van der Waals surface area contributed by atoms with E-state index in [9.17, 15) is 0 Å². The Bertz CT molecular complexity index is 94.9. The van der Waals surface area contributed by atoms with Crippen LogP contribution in [0.1, 0.15) is 0 Å². The van der Waals surface area contributed by atoms with Gasteiger partial charge >= 0.3 is 46.9 Å². The Labute approximate surface area is 74.3 Å². The van der Waals surface area contributed by atoms with Crippen LogP contribution < -0.4 is 29.6 Å². The molecule has 0 heterocycles. The summed E-state index contributed by atoms with van der Waals surface area (Å²) in [6, 6.07) is 0. The van der Waals surface area contributed by atoms with E-state index in [1.54, 1.807) is 0 Å². The minimum absolute atomic E-state index is 0. The SMILES string of the molecule is O=S(=O)([O-])[O-].[Cr+3].[Na+]. The Morgan fingerprint density at radius 1 is 1.14 bits per heavy atom. The Balaban J connectivity index is -0.0000000800. The fraction of sp³-hybridized carbons (Fsp3) is 0. The average Bonchev–Trinajstić information content (AvgIpc) is 0.722. The van der Waals surface area contributed by atoms with Crippen LogP contribution in [0.2, 0.25) is 0 Å². The number of hydrogen-bond acceptors (Lipinski definition) is 4. The van der Waals surface area contributed by atoms with Crippen LogP contribution in [-0.2, 0) is 27.8 Å². The summed E-state index contributed by atoms with van der Waals surface area (Å²) in [7, 11) is -5.17. The van der Waals surface area contributed by atoms with Gasteiger partial charge in [0.05, 0.1) is 0 Å². The van der Waals surface area contributed by atoms with Crippen molar-refractivity contribution in [3.8, 4) is 0 Å². The van der Waals surface area contributed by atoms with Gasteiger partial charge in [0.15, 0.2) is 0 Å². The van der Waals surface area contributed by atoms with Crippen molar-refractivity contribution in [3.63, 3.8) is 0 Å². The number of hydrogen-bond donors (Lipinski definition) is 0. The zero-order valence-corrected chi connectivity index (χ0v) is 7.54. The van der Waals surface area contributed by atoms with Gasteiger partial charge in [-0.05, 0) is 0 Å². The monoisotopic (exact) mass is 171 g/mol. The predicted octanol–water partition coefficient (Wildman–Crippen LogP) is -4.34. The molecule has 0 amide bonds. The van der Waals surface area contributed by atoms with Gasteiger partial charge in [0.1, 0.15) is 0 Å². The Kier molecular flexibility index (Phi) is 12.5. The average molecular weight is 171 g/mol. The first kappa shape index (κ1) is 15.8. The van der Waals surface area contributed by atoms with Crippen molar-refractivity contribution in [2.45, 2.75) is 0 Å². The molecule has 0 fully saturated rings. The summed E-state index contributed by atoms with van der Waals surface area (Å²) >= 11 is 0. The van der Waals surface area contributed by atoms with Crippen molar-refractivity contribution in [2.24, 2.45) is 0 Å². The third-order valence-electron chi connectivity index (χ3n) is 0. The molecule has 0 aliphatic heterocycles. The second-order valence-electron chi connectivity index (χ2n) is 0.408. The minimum Gasteiger partial charge on any atom is -0.759 e. The first-order valence-electron chi connectivity index (χ1n) is 0.667. The molecule has 0 N–H and O–H groups in total. The van der Waals surface area contributed by atoms with Crippen molar-refractivity contribution >= 4 is 10.4 Å². The van der Waals surface area contributed by atoms with Gasteiger partial charge in [-0.1, -0.05) is 0 Å². The van der Waals surface area contributed by atoms with E-state index in [0.717, 1.165) is 0 Å². The summed E-state index contributed by atoms with van der Waals surface area (Å²) in [5, 5.41) is 0. The molecule has 0 rings (SSSR count). The summed E-state index contributed by atoms with van der Waals surface area (Å²) < 4.78 is 34.1. The summed E-state index contributed by atoms with van der Waals surface area (Å²) in [5.74, 6) is 0. The van der Waals surface area contributed by atoms with E-state index < -0.39 is 10.4 Å². The van der Waals surface area contributed by atoms with Crippen LogP contribution in [0, 0.1) is 0 Å². The number of rotatable bonds is 0. The molecule has 7 heteroatoms. The molecule has 0 aromatic carbocycles. The summed E-state index contributed by atoms with van der Waals surface area (Å²) in [4.78, 5) is 0. The molecule has 0 atom stereocenters.